The average molecular weight is 395 g/mol. The number of halogens is 3. The molecule has 0 aliphatic rings. The van der Waals surface area contributed by atoms with Gasteiger partial charge >= 0.3 is 12.1 Å². The summed E-state index contributed by atoms with van der Waals surface area (Å²) < 4.78 is 58.2. The monoisotopic (exact) mass is 395 g/mol. The summed E-state index contributed by atoms with van der Waals surface area (Å²) in [5.41, 5.74) is 0. The smallest absolute Gasteiger partial charge is 0.425 e. The van der Waals surface area contributed by atoms with Crippen molar-refractivity contribution < 1.29 is 46.3 Å². The standard InChI is InChI=1S/C10H23O4P.C4H5F3O3/c1-3-5-7-9-13-15(11,12)14-10-8-6-4-2;1-10-3(9)2(8)4(5,6)7/h3-10H2,1-2H3,(H,11,12);2,8H,1H3/p-1. The number of rotatable bonds is 11. The first kappa shape index (κ1) is 26.6. The van der Waals surface area contributed by atoms with Gasteiger partial charge < -0.3 is 23.8 Å². The predicted octanol–water partition coefficient (Wildman–Crippen LogP) is 2.95. The highest BCUT2D eigenvalue weighted by atomic mass is 31.2. The number of phosphoric acid groups is 1. The summed E-state index contributed by atoms with van der Waals surface area (Å²) in [5, 5.41) is 8.05. The van der Waals surface area contributed by atoms with Crippen molar-refractivity contribution in [2.45, 2.75) is 64.7 Å². The molecule has 0 aliphatic heterocycles. The van der Waals surface area contributed by atoms with E-state index >= 15 is 0 Å². The maximum Gasteiger partial charge on any atom is 0.425 e. The Morgan fingerprint density at radius 2 is 1.48 bits per heavy atom. The second-order valence-corrected chi connectivity index (χ2v) is 6.41. The largest absolute Gasteiger partial charge is 0.756 e. The number of hydrogen-bond donors (Lipinski definition) is 1. The molecular formula is C14H27F3O7P-. The van der Waals surface area contributed by atoms with Crippen molar-refractivity contribution in [3.63, 3.8) is 0 Å². The SMILES string of the molecule is CCCCCOP(=O)([O-])OCCCCC.COC(=O)C(O)C(F)(F)F. The summed E-state index contributed by atoms with van der Waals surface area (Å²) in [5.74, 6) is -1.70. The van der Waals surface area contributed by atoms with Gasteiger partial charge in [-0.3, -0.25) is 4.57 Å². The zero-order valence-electron chi connectivity index (χ0n) is 14.7. The number of esters is 1. The topological polar surface area (TPSA) is 105 Å². The van der Waals surface area contributed by atoms with Crippen LogP contribution in [0.1, 0.15) is 52.4 Å². The van der Waals surface area contributed by atoms with Gasteiger partial charge in [0.2, 0.25) is 6.10 Å². The van der Waals surface area contributed by atoms with Gasteiger partial charge in [-0.1, -0.05) is 39.5 Å². The van der Waals surface area contributed by atoms with Crippen LogP contribution in [0.2, 0.25) is 0 Å². The number of aliphatic hydroxyl groups is 1. The summed E-state index contributed by atoms with van der Waals surface area (Å²) in [7, 11) is -3.26. The Morgan fingerprint density at radius 3 is 1.72 bits per heavy atom. The van der Waals surface area contributed by atoms with Gasteiger partial charge in [0.05, 0.1) is 20.3 Å². The number of carbonyl (C=O) groups excluding carboxylic acids is 1. The van der Waals surface area contributed by atoms with E-state index in [4.69, 9.17) is 5.11 Å². The summed E-state index contributed by atoms with van der Waals surface area (Å²) in [6.07, 6.45) is -2.38. The fourth-order valence-corrected chi connectivity index (χ4v) is 2.12. The number of aliphatic hydroxyl groups excluding tert-OH is 1. The lowest BCUT2D eigenvalue weighted by Crippen LogP contribution is -2.37. The van der Waals surface area contributed by atoms with Crippen molar-refractivity contribution in [3.05, 3.63) is 0 Å². The van der Waals surface area contributed by atoms with E-state index in [9.17, 15) is 27.4 Å². The van der Waals surface area contributed by atoms with Crippen molar-refractivity contribution in [2.75, 3.05) is 20.3 Å². The normalized spacial score (nSPS) is 13.0. The van der Waals surface area contributed by atoms with E-state index in [1.54, 1.807) is 0 Å². The van der Waals surface area contributed by atoms with Crippen LogP contribution in [0.15, 0.2) is 0 Å². The Bertz CT molecular complexity index is 375. The molecule has 0 aromatic heterocycles. The lowest BCUT2D eigenvalue weighted by molar-refractivity contribution is -0.225. The Hall–Kier alpha value is -0.670. The number of alkyl halides is 3. The highest BCUT2D eigenvalue weighted by Gasteiger charge is 2.44. The van der Waals surface area contributed by atoms with E-state index in [0.29, 0.717) is 0 Å². The van der Waals surface area contributed by atoms with Gasteiger partial charge in [-0.2, -0.15) is 13.2 Å². The van der Waals surface area contributed by atoms with Crippen LogP contribution in [-0.2, 0) is 23.1 Å². The van der Waals surface area contributed by atoms with Crippen LogP contribution in [0.3, 0.4) is 0 Å². The molecule has 0 rings (SSSR count). The quantitative estimate of drug-likeness (QED) is 0.326. The first-order valence-electron chi connectivity index (χ1n) is 7.94. The Labute approximate surface area is 146 Å². The maximum absolute atomic E-state index is 11.3. The maximum atomic E-state index is 11.3. The Morgan fingerprint density at radius 1 is 1.08 bits per heavy atom. The second kappa shape index (κ2) is 14.5. The molecule has 0 spiro atoms. The molecule has 0 aromatic carbocycles. The molecule has 1 unspecified atom stereocenters. The van der Waals surface area contributed by atoms with Crippen LogP contribution in [0.4, 0.5) is 13.2 Å². The molecule has 0 heterocycles. The summed E-state index contributed by atoms with van der Waals surface area (Å²) in [4.78, 5) is 21.1. The predicted molar refractivity (Wildman–Crippen MR) is 82.6 cm³/mol. The number of methoxy groups -OCH3 is 1. The molecule has 0 radical (unpaired) electrons. The van der Waals surface area contributed by atoms with Crippen LogP contribution < -0.4 is 4.89 Å². The number of ether oxygens (including phenoxy) is 1. The molecule has 1 atom stereocenters. The molecule has 11 heteroatoms. The van der Waals surface area contributed by atoms with Gasteiger partial charge in [0.1, 0.15) is 0 Å². The van der Waals surface area contributed by atoms with Gasteiger partial charge in [0.25, 0.3) is 7.82 Å². The Balaban J connectivity index is 0. The number of hydrogen-bond acceptors (Lipinski definition) is 7. The van der Waals surface area contributed by atoms with Crippen LogP contribution in [0.5, 0.6) is 0 Å². The van der Waals surface area contributed by atoms with E-state index in [-0.39, 0.29) is 13.2 Å². The number of phosphoric ester groups is 1. The van der Waals surface area contributed by atoms with E-state index in [0.717, 1.165) is 45.6 Å². The minimum atomic E-state index is -4.94. The third kappa shape index (κ3) is 16.5. The van der Waals surface area contributed by atoms with Crippen molar-refractivity contribution in [1.29, 1.82) is 0 Å². The first-order valence-corrected chi connectivity index (χ1v) is 9.40. The molecular weight excluding hydrogens is 368 g/mol. The van der Waals surface area contributed by atoms with Crippen molar-refractivity contribution in [3.8, 4) is 0 Å². The lowest BCUT2D eigenvalue weighted by Gasteiger charge is -2.22. The van der Waals surface area contributed by atoms with Crippen LogP contribution >= 0.6 is 7.82 Å². The van der Waals surface area contributed by atoms with Crippen molar-refractivity contribution in [2.24, 2.45) is 0 Å². The zero-order chi connectivity index (χ0) is 19.9. The molecule has 0 amide bonds. The average Bonchev–Trinajstić information content (AvgIpc) is 2.54. The van der Waals surface area contributed by atoms with E-state index in [1.165, 1.54) is 0 Å². The third-order valence-corrected chi connectivity index (χ3v) is 3.73. The molecule has 7 nitrogen and oxygen atoms in total. The van der Waals surface area contributed by atoms with E-state index in [2.05, 4.69) is 27.6 Å². The molecule has 152 valence electrons. The van der Waals surface area contributed by atoms with E-state index < -0.39 is 26.1 Å². The van der Waals surface area contributed by atoms with Crippen LogP contribution in [0.25, 0.3) is 0 Å². The fraction of sp³-hybridized carbons (Fsp3) is 0.929. The third-order valence-electron chi connectivity index (χ3n) is 2.73. The summed E-state index contributed by atoms with van der Waals surface area (Å²) in [6.45, 7) is 4.58. The van der Waals surface area contributed by atoms with Crippen LogP contribution in [0, 0.1) is 0 Å². The van der Waals surface area contributed by atoms with Gasteiger partial charge in [-0.25, -0.2) is 4.79 Å². The summed E-state index contributed by atoms with van der Waals surface area (Å²) in [6, 6.07) is 0. The minimum absolute atomic E-state index is 0.238. The second-order valence-electron chi connectivity index (χ2n) is 5.00. The van der Waals surface area contributed by atoms with Gasteiger partial charge in [0.15, 0.2) is 0 Å². The summed E-state index contributed by atoms with van der Waals surface area (Å²) >= 11 is 0. The molecule has 1 N–H and O–H groups in total. The van der Waals surface area contributed by atoms with Crippen LogP contribution in [-0.4, -0.2) is 43.7 Å². The number of carbonyl (C=O) groups is 1. The molecule has 0 aliphatic carbocycles. The van der Waals surface area contributed by atoms with E-state index in [1.807, 2.05) is 0 Å². The van der Waals surface area contributed by atoms with Crippen molar-refractivity contribution >= 4 is 13.8 Å². The molecule has 0 saturated carbocycles. The molecule has 0 fully saturated rings. The molecule has 0 aromatic rings. The molecule has 25 heavy (non-hydrogen) atoms. The number of unbranched alkanes of at least 4 members (excludes halogenated alkanes) is 4. The molecule has 0 bridgehead atoms. The van der Waals surface area contributed by atoms with Gasteiger partial charge in [0, 0.05) is 0 Å². The highest BCUT2D eigenvalue weighted by molar-refractivity contribution is 7.45. The first-order chi connectivity index (χ1) is 11.5. The fourth-order valence-electron chi connectivity index (χ4n) is 1.34. The lowest BCUT2D eigenvalue weighted by atomic mass is 10.3. The van der Waals surface area contributed by atoms with Gasteiger partial charge in [-0.15, -0.1) is 0 Å². The zero-order valence-corrected chi connectivity index (χ0v) is 15.6. The molecule has 0 saturated heterocycles. The minimum Gasteiger partial charge on any atom is -0.756 e. The highest BCUT2D eigenvalue weighted by Crippen LogP contribution is 2.38. The van der Waals surface area contributed by atoms with Crippen molar-refractivity contribution in [1.82, 2.24) is 0 Å². The van der Waals surface area contributed by atoms with Gasteiger partial charge in [-0.05, 0) is 12.8 Å². The Kier molecular flexibility index (Phi) is 15.4.